The molecule has 1 fully saturated rings. The van der Waals surface area contributed by atoms with Crippen LogP contribution in [0.4, 0.5) is 19.4 Å². The van der Waals surface area contributed by atoms with E-state index in [1.165, 1.54) is 24.9 Å². The molecule has 1 aliphatic rings. The van der Waals surface area contributed by atoms with Gasteiger partial charge in [-0.15, -0.1) is 5.54 Å². The third-order valence-electron chi connectivity index (χ3n) is 9.98. The van der Waals surface area contributed by atoms with E-state index in [0.29, 0.717) is 80.3 Å². The topological polar surface area (TPSA) is 113 Å². The first-order valence-electron chi connectivity index (χ1n) is 17.3. The van der Waals surface area contributed by atoms with Gasteiger partial charge in [-0.1, -0.05) is 65.3 Å². The molecule has 0 bridgehead atoms. The highest BCUT2D eigenvalue weighted by Gasteiger charge is 2.42. The summed E-state index contributed by atoms with van der Waals surface area (Å²) in [5.41, 5.74) is 11.0. The van der Waals surface area contributed by atoms with E-state index in [4.69, 9.17) is 29.9 Å². The minimum absolute atomic E-state index is 0.00751. The fraction of sp³-hybridized carbons (Fsp3) is 0.474. The number of aryl methyl sites for hydroxylation is 1. The number of thioether (sulfide) groups is 1. The van der Waals surface area contributed by atoms with Crippen molar-refractivity contribution in [2.45, 2.75) is 89.2 Å². The van der Waals surface area contributed by atoms with E-state index in [9.17, 15) is 4.79 Å². The monoisotopic (exact) mass is 735 g/mol. The second kappa shape index (κ2) is 15.7. The molecule has 51 heavy (non-hydrogen) atoms. The van der Waals surface area contributed by atoms with Crippen molar-refractivity contribution in [2.24, 2.45) is 5.73 Å². The Labute approximate surface area is 304 Å². The van der Waals surface area contributed by atoms with Crippen molar-refractivity contribution in [3.63, 3.8) is 0 Å². The second-order valence-electron chi connectivity index (χ2n) is 14.0. The Balaban J connectivity index is 1.81. The van der Waals surface area contributed by atoms with Crippen molar-refractivity contribution >= 4 is 53.4 Å². The lowest BCUT2D eigenvalue weighted by atomic mass is 9.95. The van der Waals surface area contributed by atoms with Gasteiger partial charge < -0.3 is 24.8 Å². The molecule has 1 amide bonds. The molecule has 3 heterocycles. The number of fused-ring (bicyclic) bond motifs is 2. The van der Waals surface area contributed by atoms with Crippen LogP contribution in [-0.4, -0.2) is 68.5 Å². The molecule has 272 valence electrons. The molecule has 2 aromatic heterocycles. The summed E-state index contributed by atoms with van der Waals surface area (Å²) in [7, 11) is -0.754. The average Bonchev–Trinajstić information content (AvgIpc) is 3.08. The third kappa shape index (κ3) is 7.50. The minimum atomic E-state index is -2.27. The number of carbonyl (C=O) groups is 1. The van der Waals surface area contributed by atoms with Gasteiger partial charge in [-0.05, 0) is 66.2 Å². The number of methoxy groups -OCH3 is 1. The maximum atomic E-state index is 17.2. The molecule has 1 atom stereocenters. The Bertz CT molecular complexity index is 1990. The van der Waals surface area contributed by atoms with Crippen LogP contribution in [0.3, 0.4) is 0 Å². The van der Waals surface area contributed by atoms with Gasteiger partial charge in [0, 0.05) is 24.6 Å². The van der Waals surface area contributed by atoms with Crippen LogP contribution >= 0.6 is 11.8 Å². The molecule has 1 aliphatic heterocycles. The Morgan fingerprint density at radius 2 is 1.78 bits per heavy atom. The van der Waals surface area contributed by atoms with Crippen molar-refractivity contribution in [2.75, 3.05) is 38.1 Å². The highest BCUT2D eigenvalue weighted by molar-refractivity contribution is 7.98. The number of amides is 1. The zero-order chi connectivity index (χ0) is 37.2. The van der Waals surface area contributed by atoms with Crippen LogP contribution in [0.15, 0.2) is 29.4 Å². The predicted molar refractivity (Wildman–Crippen MR) is 203 cm³/mol. The number of carbonyl (C=O) groups excluding carboxylic acids is 1. The van der Waals surface area contributed by atoms with Gasteiger partial charge >= 0.3 is 6.09 Å². The van der Waals surface area contributed by atoms with Crippen molar-refractivity contribution in [3.05, 3.63) is 47.2 Å². The van der Waals surface area contributed by atoms with E-state index in [0.717, 1.165) is 6.42 Å². The van der Waals surface area contributed by atoms with Crippen LogP contribution in [0, 0.1) is 30.0 Å². The molecular formula is C38H47F2N5O4SSi. The van der Waals surface area contributed by atoms with E-state index in [1.807, 2.05) is 11.2 Å². The van der Waals surface area contributed by atoms with Crippen LogP contribution in [-0.2, 0) is 9.47 Å². The van der Waals surface area contributed by atoms with Crippen LogP contribution in [0.5, 0.6) is 5.75 Å². The Hall–Kier alpha value is -3.99. The number of aromatic nitrogens is 3. The van der Waals surface area contributed by atoms with Crippen molar-refractivity contribution in [1.82, 2.24) is 15.0 Å². The maximum Gasteiger partial charge on any atom is 0.404 e. The second-order valence-corrected chi connectivity index (χ2v) is 20.3. The Morgan fingerprint density at radius 1 is 1.08 bits per heavy atom. The molecule has 0 saturated carbocycles. The quantitative estimate of drug-likeness (QED) is 0.0562. The Morgan fingerprint density at radius 3 is 2.41 bits per heavy atom. The number of hydrogen-bond acceptors (Lipinski definition) is 9. The van der Waals surface area contributed by atoms with Crippen LogP contribution in [0.25, 0.3) is 32.9 Å². The fourth-order valence-corrected chi connectivity index (χ4v) is 13.3. The van der Waals surface area contributed by atoms with E-state index in [2.05, 4.69) is 58.0 Å². The van der Waals surface area contributed by atoms with E-state index in [1.54, 1.807) is 25.1 Å². The van der Waals surface area contributed by atoms with E-state index < -0.39 is 31.9 Å². The van der Waals surface area contributed by atoms with Crippen molar-refractivity contribution in [1.29, 1.82) is 0 Å². The van der Waals surface area contributed by atoms with Gasteiger partial charge in [0.1, 0.15) is 42.8 Å². The van der Waals surface area contributed by atoms with E-state index >= 15 is 8.78 Å². The standard InChI is InChI=1S/C38H47F2N5O4SSi/c1-21(2)51(22(3)4,23(5)6)16-14-28-30(39)13-12-25-17-27(48-20-47-8)18-29(32(25)28)34-33(40)35-31(24(7)42-34)36(44-38(43-35)50-9)45-15-10-11-26(19-45)49-37(41)46/h12-13,17-18,21-23,26H,10-11,15,19-20H2,1-9H3,(H2,41,46)/t26-/m1/s1. The molecule has 0 aliphatic carbocycles. The first-order valence-corrected chi connectivity index (χ1v) is 20.7. The molecule has 9 nitrogen and oxygen atoms in total. The van der Waals surface area contributed by atoms with Gasteiger partial charge in [0.05, 0.1) is 23.2 Å². The van der Waals surface area contributed by atoms with E-state index in [-0.39, 0.29) is 23.6 Å². The summed E-state index contributed by atoms with van der Waals surface area (Å²) in [6, 6.07) is 6.48. The zero-order valence-electron chi connectivity index (χ0n) is 30.8. The van der Waals surface area contributed by atoms with Gasteiger partial charge in [-0.3, -0.25) is 0 Å². The van der Waals surface area contributed by atoms with Gasteiger partial charge in [-0.2, -0.15) is 0 Å². The number of primary amides is 1. The number of anilines is 1. The summed E-state index contributed by atoms with van der Waals surface area (Å²) >= 11 is 1.28. The molecule has 2 N–H and O–H groups in total. The number of hydrogen-bond donors (Lipinski definition) is 1. The van der Waals surface area contributed by atoms with Crippen molar-refractivity contribution in [3.8, 4) is 28.5 Å². The van der Waals surface area contributed by atoms with Gasteiger partial charge in [-0.25, -0.2) is 28.5 Å². The molecule has 1 saturated heterocycles. The zero-order valence-corrected chi connectivity index (χ0v) is 32.6. The van der Waals surface area contributed by atoms with Crippen LogP contribution in [0.2, 0.25) is 16.6 Å². The summed E-state index contributed by atoms with van der Waals surface area (Å²) < 4.78 is 49.7. The Kier molecular flexibility index (Phi) is 11.8. The van der Waals surface area contributed by atoms with Crippen molar-refractivity contribution < 1.29 is 27.8 Å². The molecule has 13 heteroatoms. The molecule has 0 unspecified atom stereocenters. The van der Waals surface area contributed by atoms with Crippen LogP contribution < -0.4 is 15.4 Å². The lowest BCUT2D eigenvalue weighted by Crippen LogP contribution is -2.43. The molecule has 0 radical (unpaired) electrons. The number of benzene rings is 2. The SMILES string of the molecule is COCOc1cc(-c2nc(C)c3c(N4CCC[C@@H](OC(N)=O)C4)nc(SC)nc3c2F)c2c(C#C[Si](C(C)C)(C(C)C)C(C)C)c(F)ccc2c1. The maximum absolute atomic E-state index is 17.2. The highest BCUT2D eigenvalue weighted by Crippen LogP contribution is 2.43. The average molecular weight is 736 g/mol. The number of pyridine rings is 1. The first-order chi connectivity index (χ1) is 24.2. The lowest BCUT2D eigenvalue weighted by molar-refractivity contribution is 0.0512. The summed E-state index contributed by atoms with van der Waals surface area (Å²) in [5, 5.41) is 1.87. The molecular weight excluding hydrogens is 689 g/mol. The number of rotatable bonds is 10. The third-order valence-corrected chi connectivity index (χ3v) is 16.8. The summed E-state index contributed by atoms with van der Waals surface area (Å²) in [6.45, 7) is 15.9. The normalized spacial score (nSPS) is 15.2. The van der Waals surface area contributed by atoms with Gasteiger partial charge in [0.25, 0.3) is 0 Å². The number of nitrogens with zero attached hydrogens (tertiary/aromatic N) is 4. The summed E-state index contributed by atoms with van der Waals surface area (Å²) in [6.07, 6.45) is 1.91. The minimum Gasteiger partial charge on any atom is -0.468 e. The fourth-order valence-electron chi connectivity index (χ4n) is 7.73. The van der Waals surface area contributed by atoms with Gasteiger partial charge in [0.15, 0.2) is 17.8 Å². The molecule has 5 rings (SSSR count). The lowest BCUT2D eigenvalue weighted by Gasteiger charge is -2.38. The number of piperidine rings is 1. The highest BCUT2D eigenvalue weighted by atomic mass is 32.2. The summed E-state index contributed by atoms with van der Waals surface area (Å²) in [5.74, 6) is 3.04. The number of halogens is 2. The first kappa shape index (κ1) is 38.2. The predicted octanol–water partition coefficient (Wildman–Crippen LogP) is 8.77. The smallest absolute Gasteiger partial charge is 0.404 e. The largest absolute Gasteiger partial charge is 0.468 e. The molecule has 4 aromatic rings. The number of ether oxygens (including phenoxy) is 3. The molecule has 0 spiro atoms. The summed E-state index contributed by atoms with van der Waals surface area (Å²) in [4.78, 5) is 27.8. The number of nitrogens with two attached hydrogens (primary N) is 1. The van der Waals surface area contributed by atoms with Crippen LogP contribution in [0.1, 0.15) is 65.6 Å². The molecule has 2 aromatic carbocycles. The van der Waals surface area contributed by atoms with Gasteiger partial charge in [0.2, 0.25) is 0 Å².